The second kappa shape index (κ2) is 9.05. The van der Waals surface area contributed by atoms with E-state index in [2.05, 4.69) is 20.1 Å². The van der Waals surface area contributed by atoms with Crippen molar-refractivity contribution >= 4 is 45.3 Å². The van der Waals surface area contributed by atoms with Crippen LogP contribution in [0.15, 0.2) is 48.8 Å². The van der Waals surface area contributed by atoms with E-state index < -0.39 is 16.8 Å². The van der Waals surface area contributed by atoms with E-state index in [-0.39, 0.29) is 16.6 Å². The quantitative estimate of drug-likeness (QED) is 0.458. The second-order valence-corrected chi connectivity index (χ2v) is 8.00. The van der Waals surface area contributed by atoms with Crippen molar-refractivity contribution in [2.45, 2.75) is 13.0 Å². The maximum absolute atomic E-state index is 13.2. The van der Waals surface area contributed by atoms with E-state index in [0.29, 0.717) is 37.3 Å². The van der Waals surface area contributed by atoms with Gasteiger partial charge in [-0.3, -0.25) is 24.8 Å². The van der Waals surface area contributed by atoms with Gasteiger partial charge in [0.05, 0.1) is 27.1 Å². The van der Waals surface area contributed by atoms with Crippen molar-refractivity contribution in [2.75, 3.05) is 36.4 Å². The molecule has 0 bridgehead atoms. The lowest BCUT2D eigenvalue weighted by Crippen LogP contribution is -2.52. The topological polar surface area (TPSA) is 91.6 Å². The molecule has 1 fully saturated rings. The van der Waals surface area contributed by atoms with Gasteiger partial charge in [-0.2, -0.15) is 0 Å². The summed E-state index contributed by atoms with van der Waals surface area (Å²) in [5, 5.41) is 15.5. The first-order valence-electron chi connectivity index (χ1n) is 10.1. The van der Waals surface area contributed by atoms with E-state index in [9.17, 15) is 19.3 Å². The smallest absolute Gasteiger partial charge is 0.278 e. The first-order valence-corrected chi connectivity index (χ1v) is 10.5. The van der Waals surface area contributed by atoms with E-state index in [1.165, 1.54) is 24.4 Å². The Balaban J connectivity index is 1.44. The summed E-state index contributed by atoms with van der Waals surface area (Å²) in [5.41, 5.74) is 1.30. The van der Waals surface area contributed by atoms with Gasteiger partial charge < -0.3 is 10.2 Å². The van der Waals surface area contributed by atoms with Gasteiger partial charge in [-0.1, -0.05) is 11.6 Å². The summed E-state index contributed by atoms with van der Waals surface area (Å²) in [7, 11) is 0. The first-order chi connectivity index (χ1) is 15.3. The van der Waals surface area contributed by atoms with Gasteiger partial charge in [-0.05, 0) is 37.3 Å². The number of nitro groups is 1. The van der Waals surface area contributed by atoms with Crippen molar-refractivity contribution in [3.05, 3.63) is 69.7 Å². The number of carbonyl (C=O) groups excluding carboxylic acids is 1. The minimum Gasteiger partial charge on any atom is -0.368 e. The Morgan fingerprint density at radius 2 is 1.94 bits per heavy atom. The zero-order chi connectivity index (χ0) is 22.8. The van der Waals surface area contributed by atoms with Gasteiger partial charge in [0.1, 0.15) is 5.82 Å². The number of nitro benzene ring substituents is 1. The number of anilines is 2. The summed E-state index contributed by atoms with van der Waals surface area (Å²) in [6, 6.07) is 8.49. The number of hydrogen-bond acceptors (Lipinski definition) is 6. The van der Waals surface area contributed by atoms with Crippen LogP contribution in [0.4, 0.5) is 21.5 Å². The van der Waals surface area contributed by atoms with Gasteiger partial charge >= 0.3 is 0 Å². The van der Waals surface area contributed by atoms with Gasteiger partial charge in [0.2, 0.25) is 5.91 Å². The summed E-state index contributed by atoms with van der Waals surface area (Å²) in [6.07, 6.45) is 3.14. The summed E-state index contributed by atoms with van der Waals surface area (Å²) < 4.78 is 13.2. The Labute approximate surface area is 188 Å². The molecule has 32 heavy (non-hydrogen) atoms. The van der Waals surface area contributed by atoms with Crippen LogP contribution < -0.4 is 10.2 Å². The number of hydrogen-bond donors (Lipinski definition) is 1. The van der Waals surface area contributed by atoms with Crippen molar-refractivity contribution in [1.29, 1.82) is 0 Å². The molecule has 0 saturated carbocycles. The number of amides is 1. The van der Waals surface area contributed by atoms with Gasteiger partial charge in [-0.15, -0.1) is 0 Å². The van der Waals surface area contributed by atoms with Crippen LogP contribution in [0.1, 0.15) is 6.92 Å². The predicted octanol–water partition coefficient (Wildman–Crippen LogP) is 4.08. The average molecular weight is 458 g/mol. The number of carbonyl (C=O) groups is 1. The van der Waals surface area contributed by atoms with Crippen LogP contribution in [0.5, 0.6) is 0 Å². The van der Waals surface area contributed by atoms with Crippen molar-refractivity contribution in [3.8, 4) is 0 Å². The molecule has 0 spiro atoms. The summed E-state index contributed by atoms with van der Waals surface area (Å²) in [5.74, 6) is -0.689. The summed E-state index contributed by atoms with van der Waals surface area (Å²) in [6.45, 7) is 4.40. The molecule has 2 aromatic carbocycles. The van der Waals surface area contributed by atoms with E-state index in [0.717, 1.165) is 17.1 Å². The summed E-state index contributed by atoms with van der Waals surface area (Å²) in [4.78, 5) is 31.9. The van der Waals surface area contributed by atoms with Crippen LogP contribution in [-0.4, -0.2) is 52.9 Å². The Kier molecular flexibility index (Phi) is 6.20. The Morgan fingerprint density at radius 1 is 1.19 bits per heavy atom. The van der Waals surface area contributed by atoms with Gasteiger partial charge in [0.15, 0.2) is 0 Å². The highest BCUT2D eigenvalue weighted by atomic mass is 35.5. The maximum Gasteiger partial charge on any atom is 0.278 e. The SMILES string of the molecule is C[C@H](C(=O)Nc1ccc(F)cc1Cl)N1CCN(c2ccc([N+](=O)[O-])c3cnccc23)CC1. The first kappa shape index (κ1) is 21.9. The van der Waals surface area contributed by atoms with Crippen LogP contribution in [0.3, 0.4) is 0 Å². The fourth-order valence-electron chi connectivity index (χ4n) is 3.94. The van der Waals surface area contributed by atoms with Gasteiger partial charge in [-0.25, -0.2) is 4.39 Å². The number of piperazine rings is 1. The molecule has 1 saturated heterocycles. The highest BCUT2D eigenvalue weighted by Crippen LogP contribution is 2.33. The molecule has 4 rings (SSSR count). The molecule has 0 radical (unpaired) electrons. The molecule has 1 aromatic heterocycles. The Hall–Kier alpha value is -3.30. The molecule has 1 aliphatic heterocycles. The third-order valence-electron chi connectivity index (χ3n) is 5.74. The van der Waals surface area contributed by atoms with Crippen LogP contribution in [-0.2, 0) is 4.79 Å². The average Bonchev–Trinajstić information content (AvgIpc) is 2.79. The Morgan fingerprint density at radius 3 is 2.62 bits per heavy atom. The normalized spacial score (nSPS) is 15.5. The number of nitrogens with zero attached hydrogens (tertiary/aromatic N) is 4. The largest absolute Gasteiger partial charge is 0.368 e. The number of halogens is 2. The molecule has 1 amide bonds. The predicted molar refractivity (Wildman–Crippen MR) is 122 cm³/mol. The van der Waals surface area contributed by atoms with Crippen molar-refractivity contribution in [3.63, 3.8) is 0 Å². The van der Waals surface area contributed by atoms with Crippen molar-refractivity contribution in [1.82, 2.24) is 9.88 Å². The zero-order valence-corrected chi connectivity index (χ0v) is 18.1. The molecule has 2 heterocycles. The number of pyridine rings is 1. The second-order valence-electron chi connectivity index (χ2n) is 7.59. The molecule has 3 aromatic rings. The third kappa shape index (κ3) is 4.35. The summed E-state index contributed by atoms with van der Waals surface area (Å²) >= 11 is 6.01. The molecular formula is C22H21ClFN5O3. The molecular weight excluding hydrogens is 437 g/mol. The molecule has 166 valence electrons. The number of fused-ring (bicyclic) bond motifs is 1. The lowest BCUT2D eigenvalue weighted by molar-refractivity contribution is -0.383. The van der Waals surface area contributed by atoms with Gasteiger partial charge in [0, 0.05) is 55.7 Å². The van der Waals surface area contributed by atoms with Crippen molar-refractivity contribution < 1.29 is 14.1 Å². The zero-order valence-electron chi connectivity index (χ0n) is 17.3. The van der Waals surface area contributed by atoms with Crippen LogP contribution in [0.2, 0.25) is 5.02 Å². The molecule has 1 atom stereocenters. The number of rotatable bonds is 5. The fourth-order valence-corrected chi connectivity index (χ4v) is 4.15. The van der Waals surface area contributed by atoms with Crippen molar-refractivity contribution in [2.24, 2.45) is 0 Å². The number of benzene rings is 2. The fraction of sp³-hybridized carbons (Fsp3) is 0.273. The van der Waals surface area contributed by atoms with Gasteiger partial charge in [0.25, 0.3) is 5.69 Å². The molecule has 8 nitrogen and oxygen atoms in total. The van der Waals surface area contributed by atoms with Crippen LogP contribution in [0.25, 0.3) is 10.8 Å². The molecule has 10 heteroatoms. The third-order valence-corrected chi connectivity index (χ3v) is 6.05. The molecule has 0 aliphatic carbocycles. The van der Waals surface area contributed by atoms with E-state index in [1.807, 2.05) is 6.92 Å². The van der Waals surface area contributed by atoms with E-state index in [4.69, 9.17) is 11.6 Å². The molecule has 1 N–H and O–H groups in total. The standard InChI is InChI=1S/C22H21ClFN5O3/c1-14(22(30)26-19-3-2-15(24)12-18(19)23)27-8-10-28(11-9-27)20-4-5-21(29(31)32)17-13-25-7-6-16(17)20/h2-7,12-14H,8-11H2,1H3,(H,26,30)/t14-/m1/s1. The van der Waals surface area contributed by atoms with E-state index in [1.54, 1.807) is 18.3 Å². The highest BCUT2D eigenvalue weighted by Gasteiger charge is 2.27. The minimum atomic E-state index is -0.466. The minimum absolute atomic E-state index is 0.0280. The maximum atomic E-state index is 13.2. The van der Waals surface area contributed by atoms with Crippen LogP contribution in [0, 0.1) is 15.9 Å². The number of nitrogens with one attached hydrogen (secondary N) is 1. The highest BCUT2D eigenvalue weighted by molar-refractivity contribution is 6.33. The Bertz CT molecular complexity index is 1180. The number of non-ortho nitro benzene ring substituents is 1. The molecule has 1 aliphatic rings. The van der Waals surface area contributed by atoms with Crippen LogP contribution >= 0.6 is 11.6 Å². The lowest BCUT2D eigenvalue weighted by Gasteiger charge is -2.38. The lowest BCUT2D eigenvalue weighted by atomic mass is 10.1. The number of aromatic nitrogens is 1. The molecule has 0 unspecified atom stereocenters. The van der Waals surface area contributed by atoms with E-state index >= 15 is 0 Å². The monoisotopic (exact) mass is 457 g/mol.